The van der Waals surface area contributed by atoms with Crippen LogP contribution in [0.2, 0.25) is 0 Å². The monoisotopic (exact) mass is 291 g/mol. The van der Waals surface area contributed by atoms with Gasteiger partial charge >= 0.3 is 6.73 Å². The number of azo groups is 2. The molecular formula is C19H19N2O+. The quantitative estimate of drug-likeness (QED) is 0.682. The van der Waals surface area contributed by atoms with Gasteiger partial charge in [-0.25, -0.2) is 0 Å². The van der Waals surface area contributed by atoms with Crippen molar-refractivity contribution in [1.82, 2.24) is 0 Å². The zero-order valence-corrected chi connectivity index (χ0v) is 13.0. The number of para-hydroxylation sites is 1. The van der Waals surface area contributed by atoms with E-state index in [0.29, 0.717) is 6.73 Å². The molecule has 0 saturated heterocycles. The van der Waals surface area contributed by atoms with Crippen molar-refractivity contribution in [2.24, 2.45) is 5.11 Å². The molecule has 3 rings (SSSR count). The lowest BCUT2D eigenvalue weighted by atomic mass is 9.99. The Morgan fingerprint density at radius 2 is 1.82 bits per heavy atom. The van der Waals surface area contributed by atoms with Gasteiger partial charge in [-0.3, -0.25) is 0 Å². The molecule has 22 heavy (non-hydrogen) atoms. The van der Waals surface area contributed by atoms with E-state index in [9.17, 15) is 0 Å². The zero-order valence-electron chi connectivity index (χ0n) is 13.0. The summed E-state index contributed by atoms with van der Waals surface area (Å²) in [5.74, 6) is 0.796. The zero-order chi connectivity index (χ0) is 15.7. The molecule has 3 heteroatoms. The van der Waals surface area contributed by atoms with E-state index < -0.39 is 0 Å². The highest BCUT2D eigenvalue weighted by atomic mass is 16.5. The van der Waals surface area contributed by atoms with Crippen molar-refractivity contribution in [3.63, 3.8) is 0 Å². The van der Waals surface area contributed by atoms with Crippen LogP contribution in [0.3, 0.4) is 0 Å². The summed E-state index contributed by atoms with van der Waals surface area (Å²) < 4.78 is 7.81. The predicted octanol–water partition coefficient (Wildman–Crippen LogP) is 5.53. The smallest absolute Gasteiger partial charge is 0.317 e. The lowest BCUT2D eigenvalue weighted by Crippen LogP contribution is -2.16. The van der Waals surface area contributed by atoms with Crippen molar-refractivity contribution in [3.8, 4) is 5.75 Å². The van der Waals surface area contributed by atoms with Crippen molar-refractivity contribution >= 4 is 22.5 Å². The van der Waals surface area contributed by atoms with Crippen LogP contribution < -0.4 is 4.74 Å². The molecule has 2 aromatic carbocycles. The maximum absolute atomic E-state index is 5.96. The van der Waals surface area contributed by atoms with Crippen molar-refractivity contribution in [3.05, 3.63) is 66.7 Å². The molecule has 2 aromatic rings. The van der Waals surface area contributed by atoms with E-state index in [1.165, 1.54) is 0 Å². The van der Waals surface area contributed by atoms with Crippen LogP contribution in [-0.4, -0.2) is 11.4 Å². The molecule has 1 aliphatic rings. The number of benzene rings is 2. The Morgan fingerprint density at radius 3 is 2.45 bits per heavy atom. The summed E-state index contributed by atoms with van der Waals surface area (Å²) in [7, 11) is 0. The fourth-order valence-corrected chi connectivity index (χ4v) is 2.42. The van der Waals surface area contributed by atoms with Crippen LogP contribution in [0.25, 0.3) is 11.1 Å². The Hall–Kier alpha value is -2.68. The molecule has 0 unspecified atom stereocenters. The van der Waals surface area contributed by atoms with Gasteiger partial charge < -0.3 is 4.74 Å². The van der Waals surface area contributed by atoms with Crippen LogP contribution in [0.4, 0.5) is 11.4 Å². The molecule has 0 aromatic heterocycles. The fraction of sp³-hybridized carbons (Fsp3) is 0.158. The van der Waals surface area contributed by atoms with Gasteiger partial charge in [-0.05, 0) is 41.8 Å². The molecule has 0 radical (unpaired) electrons. The Morgan fingerprint density at radius 1 is 1.09 bits per heavy atom. The molecule has 0 fully saturated rings. The van der Waals surface area contributed by atoms with Gasteiger partial charge in [0, 0.05) is 22.8 Å². The van der Waals surface area contributed by atoms with Crippen molar-refractivity contribution in [2.45, 2.75) is 13.8 Å². The number of hydrogen-bond donors (Lipinski definition) is 0. The summed E-state index contributed by atoms with van der Waals surface area (Å²) in [6.07, 6.45) is 0. The maximum Gasteiger partial charge on any atom is 0.317 e. The van der Waals surface area contributed by atoms with Crippen molar-refractivity contribution in [1.29, 1.82) is 0 Å². The second-order valence-electron chi connectivity index (χ2n) is 5.54. The first-order valence-electron chi connectivity index (χ1n) is 7.23. The van der Waals surface area contributed by atoms with Crippen molar-refractivity contribution in [2.75, 3.05) is 6.73 Å². The minimum Gasteiger partial charge on any atom is -0.431 e. The van der Waals surface area contributed by atoms with E-state index in [-0.39, 0.29) is 0 Å². The number of rotatable bonds is 3. The first-order chi connectivity index (χ1) is 10.6. The number of hydrogen-bond acceptors (Lipinski definition) is 2. The Labute approximate surface area is 130 Å². The van der Waals surface area contributed by atoms with E-state index in [1.54, 1.807) is 0 Å². The van der Waals surface area contributed by atoms with E-state index in [2.05, 4.69) is 19.2 Å². The molecule has 0 saturated carbocycles. The number of ether oxygens (including phenoxy) is 1. The highest BCUT2D eigenvalue weighted by Gasteiger charge is 2.24. The molecule has 1 aliphatic heterocycles. The maximum atomic E-state index is 5.96. The third-order valence-electron chi connectivity index (χ3n) is 3.64. The average molecular weight is 291 g/mol. The van der Waals surface area contributed by atoms with E-state index >= 15 is 0 Å². The van der Waals surface area contributed by atoms with Gasteiger partial charge in [-0.2, -0.15) is 0 Å². The average Bonchev–Trinajstić information content (AvgIpc) is 2.53. The molecule has 0 amide bonds. The third kappa shape index (κ3) is 2.58. The highest BCUT2D eigenvalue weighted by molar-refractivity contribution is 5.79. The van der Waals surface area contributed by atoms with E-state index in [0.717, 1.165) is 39.4 Å². The number of fused-ring (bicyclic) bond motifs is 1. The molecule has 0 N–H and O–H groups in total. The van der Waals surface area contributed by atoms with Gasteiger partial charge in [-0.15, -0.1) is 0 Å². The predicted molar refractivity (Wildman–Crippen MR) is 89.8 cm³/mol. The van der Waals surface area contributed by atoms with Gasteiger partial charge in [-0.1, -0.05) is 36.9 Å². The van der Waals surface area contributed by atoms with Crippen LogP contribution >= 0.6 is 0 Å². The summed E-state index contributed by atoms with van der Waals surface area (Å²) in [5.41, 5.74) is 5.82. The summed E-state index contributed by atoms with van der Waals surface area (Å²) in [4.78, 5) is 0. The lowest BCUT2D eigenvalue weighted by Gasteiger charge is -2.17. The largest absolute Gasteiger partial charge is 0.431 e. The molecular weight excluding hydrogens is 272 g/mol. The second-order valence-corrected chi connectivity index (χ2v) is 5.54. The van der Waals surface area contributed by atoms with E-state index in [4.69, 9.17) is 9.85 Å². The Bertz CT molecular complexity index is 789. The minimum atomic E-state index is 0.393. The van der Waals surface area contributed by atoms with Crippen LogP contribution in [0.1, 0.15) is 25.0 Å². The van der Waals surface area contributed by atoms with Gasteiger partial charge in [0.25, 0.3) is 0 Å². The molecule has 0 bridgehead atoms. The molecule has 0 aliphatic carbocycles. The third-order valence-corrected chi connectivity index (χ3v) is 3.64. The van der Waals surface area contributed by atoms with Gasteiger partial charge in [0.1, 0.15) is 0 Å². The minimum absolute atomic E-state index is 0.393. The van der Waals surface area contributed by atoms with Crippen LogP contribution in [0.15, 0.2) is 60.7 Å². The molecule has 110 valence electrons. The molecule has 0 spiro atoms. The molecule has 0 atom stereocenters. The lowest BCUT2D eigenvalue weighted by molar-refractivity contribution is -0.544. The summed E-state index contributed by atoms with van der Waals surface area (Å²) in [5, 5.41) is 4.73. The summed E-state index contributed by atoms with van der Waals surface area (Å²) in [6, 6.07) is 14.1. The van der Waals surface area contributed by atoms with Gasteiger partial charge in [0.15, 0.2) is 11.4 Å². The van der Waals surface area contributed by atoms with Crippen LogP contribution in [0, 0.1) is 0 Å². The highest BCUT2D eigenvalue weighted by Crippen LogP contribution is 2.40. The number of allylic oxidation sites excluding steroid dienone is 2. The first kappa shape index (κ1) is 14.3. The Kier molecular flexibility index (Phi) is 3.63. The van der Waals surface area contributed by atoms with Gasteiger partial charge in [0.05, 0.1) is 0 Å². The van der Waals surface area contributed by atoms with E-state index in [1.807, 2.05) is 54.9 Å². The molecule has 1 heterocycles. The standard InChI is InChI=1S/C19H19N2O/c1-13(2)15-10-17(14(3)4)19-18(11-15)20-21(12-22-19)16-8-6-5-7-9-16/h5-11H,1,3,12H2,2,4H3/q+1. The fourth-order valence-electron chi connectivity index (χ4n) is 2.42. The second kappa shape index (κ2) is 5.60. The van der Waals surface area contributed by atoms with Crippen molar-refractivity contribution < 1.29 is 9.43 Å². The van der Waals surface area contributed by atoms with Gasteiger partial charge in [0.2, 0.25) is 5.69 Å². The van der Waals surface area contributed by atoms with Crippen LogP contribution in [-0.2, 0) is 0 Å². The first-order valence-corrected chi connectivity index (χ1v) is 7.23. The van der Waals surface area contributed by atoms with Crippen LogP contribution in [0.5, 0.6) is 5.75 Å². The normalized spacial score (nSPS) is 12.9. The summed E-state index contributed by atoms with van der Waals surface area (Å²) >= 11 is 0. The topological polar surface area (TPSA) is 24.6 Å². The number of nitrogens with zero attached hydrogens (tertiary/aromatic N) is 2. The Balaban J connectivity index is 2.16. The summed E-state index contributed by atoms with van der Waals surface area (Å²) in [6.45, 7) is 12.4. The SMILES string of the molecule is C=C(C)c1cc2c(c(C(=C)C)c1)OC[N+](c1ccccc1)=N2. The molecule has 3 nitrogen and oxygen atoms in total.